The molecule has 8 heteroatoms. The Labute approximate surface area is 248 Å². The summed E-state index contributed by atoms with van der Waals surface area (Å²) in [4.78, 5) is 31.1. The monoisotopic (exact) mass is 564 g/mol. The molecule has 8 nitrogen and oxygen atoms in total. The van der Waals surface area contributed by atoms with Gasteiger partial charge in [0.05, 0.1) is 11.4 Å². The Hall–Kier alpha value is -4.30. The Morgan fingerprint density at radius 3 is 2.38 bits per heavy atom. The van der Waals surface area contributed by atoms with Gasteiger partial charge in [-0.25, -0.2) is 9.48 Å². The molecule has 1 saturated heterocycles. The second kappa shape index (κ2) is 12.7. The van der Waals surface area contributed by atoms with E-state index in [0.29, 0.717) is 17.9 Å². The van der Waals surface area contributed by atoms with E-state index in [1.54, 1.807) is 17.1 Å². The van der Waals surface area contributed by atoms with E-state index in [1.807, 2.05) is 73.7 Å². The number of hydrogen-bond donors (Lipinski definition) is 3. The molecule has 2 aromatic heterocycles. The number of anilines is 2. The maximum atomic E-state index is 13.7. The van der Waals surface area contributed by atoms with Crippen LogP contribution in [0.25, 0.3) is 5.69 Å². The Balaban J connectivity index is 1.37. The van der Waals surface area contributed by atoms with E-state index in [4.69, 9.17) is 5.10 Å². The number of ketones is 1. The maximum Gasteiger partial charge on any atom is 0.324 e. The van der Waals surface area contributed by atoms with Crippen LogP contribution in [0.5, 0.6) is 0 Å². The summed E-state index contributed by atoms with van der Waals surface area (Å²) in [5.74, 6) is 0.760. The molecule has 42 heavy (non-hydrogen) atoms. The van der Waals surface area contributed by atoms with Gasteiger partial charge in [0, 0.05) is 41.9 Å². The lowest BCUT2D eigenvalue weighted by Gasteiger charge is -2.30. The van der Waals surface area contributed by atoms with Crippen LogP contribution in [0.4, 0.5) is 16.3 Å². The number of urea groups is 1. The molecule has 0 radical (unpaired) electrons. The number of benzene rings is 2. The normalized spacial score (nSPS) is 14.8. The summed E-state index contributed by atoms with van der Waals surface area (Å²) in [5, 5.41) is 14.2. The molecule has 1 aliphatic heterocycles. The molecule has 1 fully saturated rings. The molecule has 1 aliphatic rings. The number of piperidine rings is 1. The van der Waals surface area contributed by atoms with Gasteiger partial charge >= 0.3 is 6.03 Å². The van der Waals surface area contributed by atoms with Crippen LogP contribution >= 0.6 is 0 Å². The number of carbonyl (C=O) groups excluding carboxylic acids is 2. The highest BCUT2D eigenvalue weighted by atomic mass is 16.2. The average Bonchev–Trinajstić information content (AvgIpc) is 3.39. The highest BCUT2D eigenvalue weighted by molar-refractivity contribution is 5.99. The summed E-state index contributed by atoms with van der Waals surface area (Å²) in [6.07, 6.45) is 5.67. The summed E-state index contributed by atoms with van der Waals surface area (Å²) in [5.41, 5.74) is 5.22. The molecule has 2 aromatic carbocycles. The van der Waals surface area contributed by atoms with E-state index >= 15 is 0 Å². The first kappa shape index (κ1) is 29.2. The Morgan fingerprint density at radius 1 is 0.976 bits per heavy atom. The van der Waals surface area contributed by atoms with Crippen molar-refractivity contribution in [2.24, 2.45) is 5.92 Å². The molecule has 0 aliphatic carbocycles. The number of rotatable bonds is 8. The smallest absolute Gasteiger partial charge is 0.317 e. The second-order valence-corrected chi connectivity index (χ2v) is 12.2. The number of nitrogens with zero attached hydrogens (tertiary/aromatic N) is 3. The van der Waals surface area contributed by atoms with E-state index in [2.05, 4.69) is 41.7 Å². The van der Waals surface area contributed by atoms with Crippen LogP contribution in [-0.2, 0) is 16.6 Å². The molecule has 3 heterocycles. The summed E-state index contributed by atoms with van der Waals surface area (Å²) >= 11 is 0. The minimum Gasteiger partial charge on any atom is -0.317 e. The highest BCUT2D eigenvalue weighted by Crippen LogP contribution is 2.34. The fourth-order valence-corrected chi connectivity index (χ4v) is 5.52. The van der Waals surface area contributed by atoms with Crippen LogP contribution < -0.4 is 16.0 Å². The fourth-order valence-electron chi connectivity index (χ4n) is 5.52. The molecular formula is C34H40N6O2. The zero-order chi connectivity index (χ0) is 29.7. The lowest BCUT2D eigenvalue weighted by atomic mass is 9.76. The van der Waals surface area contributed by atoms with Gasteiger partial charge in [-0.15, -0.1) is 0 Å². The van der Waals surface area contributed by atoms with Crippen LogP contribution in [0.1, 0.15) is 61.9 Å². The van der Waals surface area contributed by atoms with Gasteiger partial charge < -0.3 is 10.6 Å². The van der Waals surface area contributed by atoms with Gasteiger partial charge in [-0.05, 0) is 86.3 Å². The van der Waals surface area contributed by atoms with Gasteiger partial charge in [-0.2, -0.15) is 5.10 Å². The minimum atomic E-state index is -0.373. The highest BCUT2D eigenvalue weighted by Gasteiger charge is 2.31. The third-order valence-electron chi connectivity index (χ3n) is 7.83. The zero-order valence-electron chi connectivity index (χ0n) is 24.9. The van der Waals surface area contributed by atoms with Gasteiger partial charge in [-0.1, -0.05) is 50.6 Å². The number of aromatic nitrogens is 3. The van der Waals surface area contributed by atoms with E-state index in [1.165, 1.54) is 0 Å². The average molecular weight is 565 g/mol. The van der Waals surface area contributed by atoms with Crippen molar-refractivity contribution in [3.8, 4) is 5.69 Å². The van der Waals surface area contributed by atoms with Gasteiger partial charge in [0.15, 0.2) is 0 Å². The fraction of sp³-hybridized carbons (Fsp3) is 0.353. The molecule has 1 atom stereocenters. The van der Waals surface area contributed by atoms with Crippen molar-refractivity contribution in [2.75, 3.05) is 23.7 Å². The quantitative estimate of drug-likeness (QED) is 0.230. The zero-order valence-corrected chi connectivity index (χ0v) is 24.9. The van der Waals surface area contributed by atoms with Gasteiger partial charge in [-0.3, -0.25) is 15.1 Å². The van der Waals surface area contributed by atoms with Gasteiger partial charge in [0.1, 0.15) is 11.6 Å². The lowest BCUT2D eigenvalue weighted by molar-refractivity contribution is -0.121. The van der Waals surface area contributed by atoms with Crippen molar-refractivity contribution in [3.63, 3.8) is 0 Å². The van der Waals surface area contributed by atoms with Crippen LogP contribution in [0.15, 0.2) is 79.1 Å². The summed E-state index contributed by atoms with van der Waals surface area (Å²) in [7, 11) is 0. The van der Waals surface area contributed by atoms with Crippen molar-refractivity contribution in [1.82, 2.24) is 20.1 Å². The predicted molar refractivity (Wildman–Crippen MR) is 167 cm³/mol. The molecule has 0 bridgehead atoms. The molecule has 3 N–H and O–H groups in total. The first-order valence-electron chi connectivity index (χ1n) is 14.7. The van der Waals surface area contributed by atoms with Crippen LogP contribution in [-0.4, -0.2) is 39.7 Å². The van der Waals surface area contributed by atoms with Crippen molar-refractivity contribution in [2.45, 2.75) is 58.3 Å². The van der Waals surface area contributed by atoms with Gasteiger partial charge in [0.25, 0.3) is 0 Å². The number of carbonyl (C=O) groups is 2. The van der Waals surface area contributed by atoms with Crippen molar-refractivity contribution in [3.05, 3.63) is 102 Å². The Morgan fingerprint density at radius 2 is 1.69 bits per heavy atom. The van der Waals surface area contributed by atoms with Gasteiger partial charge in [0.2, 0.25) is 0 Å². The molecule has 218 valence electrons. The van der Waals surface area contributed by atoms with E-state index in [9.17, 15) is 9.59 Å². The number of hydrogen-bond acceptors (Lipinski definition) is 5. The minimum absolute atomic E-state index is 0.186. The number of amides is 2. The molecule has 2 amide bonds. The standard InChI is InChI=1S/C34H40N6O2/c1-23-8-10-28(11-9-23)40-31(22-30(39-40)34(2,3)4)38-33(42)37-27-7-5-6-26(21-27)32(25-14-18-36-19-15-25)29(41)20-24-12-16-35-17-13-24/h5-13,16-17,21-22,25,32,36H,14-15,18-20H2,1-4H3,(H2,37,38,42). The summed E-state index contributed by atoms with van der Waals surface area (Å²) < 4.78 is 1.76. The third kappa shape index (κ3) is 7.12. The Kier molecular flexibility index (Phi) is 8.83. The van der Waals surface area contributed by atoms with E-state index < -0.39 is 0 Å². The molecular weight excluding hydrogens is 524 g/mol. The number of nitrogens with one attached hydrogen (secondary N) is 3. The summed E-state index contributed by atoms with van der Waals surface area (Å²) in [6.45, 7) is 10.1. The largest absolute Gasteiger partial charge is 0.324 e. The first-order valence-corrected chi connectivity index (χ1v) is 14.7. The molecule has 0 saturated carbocycles. The first-order chi connectivity index (χ1) is 20.2. The van der Waals surface area contributed by atoms with Crippen molar-refractivity contribution in [1.29, 1.82) is 0 Å². The molecule has 4 aromatic rings. The topological polar surface area (TPSA) is 101 Å². The second-order valence-electron chi connectivity index (χ2n) is 12.2. The predicted octanol–water partition coefficient (Wildman–Crippen LogP) is 6.41. The van der Waals surface area contributed by atoms with E-state index in [-0.39, 0.29) is 29.1 Å². The number of Topliss-reactive ketones (excluding diaryl/α,β-unsaturated/α-hetero) is 1. The molecule has 0 spiro atoms. The van der Waals surface area contributed by atoms with Crippen LogP contribution in [0, 0.1) is 12.8 Å². The van der Waals surface area contributed by atoms with Crippen LogP contribution in [0.2, 0.25) is 0 Å². The maximum absolute atomic E-state index is 13.7. The Bertz CT molecular complexity index is 1520. The number of aryl methyl sites for hydroxylation is 1. The lowest BCUT2D eigenvalue weighted by Crippen LogP contribution is -2.34. The number of pyridine rings is 1. The summed E-state index contributed by atoms with van der Waals surface area (Å²) in [6, 6.07) is 21.1. The third-order valence-corrected chi connectivity index (χ3v) is 7.83. The van der Waals surface area contributed by atoms with Crippen molar-refractivity contribution < 1.29 is 9.59 Å². The van der Waals surface area contributed by atoms with E-state index in [0.717, 1.165) is 54.0 Å². The molecule has 5 rings (SSSR count). The molecule has 1 unspecified atom stereocenters. The van der Waals surface area contributed by atoms with Crippen molar-refractivity contribution >= 4 is 23.3 Å². The SMILES string of the molecule is Cc1ccc(-n2nc(C(C)(C)C)cc2NC(=O)Nc2cccc(C(C(=O)Cc3ccncc3)C3CCNCC3)c2)cc1. The van der Waals surface area contributed by atoms with Crippen LogP contribution in [0.3, 0.4) is 0 Å².